The van der Waals surface area contributed by atoms with Gasteiger partial charge in [0.15, 0.2) is 0 Å². The predicted octanol–water partition coefficient (Wildman–Crippen LogP) is 3.23. The van der Waals surface area contributed by atoms with E-state index in [0.29, 0.717) is 47.9 Å². The van der Waals surface area contributed by atoms with Crippen LogP contribution < -0.4 is 0 Å². The Morgan fingerprint density at radius 3 is 2.69 bits per heavy atom. The molecule has 0 saturated carbocycles. The topological polar surface area (TPSA) is 85.5 Å². The number of aromatic nitrogens is 2. The number of amides is 1. The molecule has 8 heteroatoms. The van der Waals surface area contributed by atoms with Gasteiger partial charge in [-0.05, 0) is 32.8 Å². The molecular weight excluding hydrogens is 358 g/mol. The van der Waals surface area contributed by atoms with Crippen molar-refractivity contribution in [1.82, 2.24) is 15.0 Å². The summed E-state index contributed by atoms with van der Waals surface area (Å²) >= 11 is 6.00. The molecule has 3 rings (SSSR count). The van der Waals surface area contributed by atoms with Crippen LogP contribution >= 0.6 is 11.6 Å². The number of carbonyl (C=O) groups excluding carboxylic acids is 2. The van der Waals surface area contributed by atoms with E-state index in [2.05, 4.69) is 10.1 Å². The van der Waals surface area contributed by atoms with Gasteiger partial charge in [0.05, 0.1) is 28.6 Å². The molecule has 0 bridgehead atoms. The van der Waals surface area contributed by atoms with Gasteiger partial charge in [0.2, 0.25) is 5.76 Å². The van der Waals surface area contributed by atoms with Crippen LogP contribution in [-0.2, 0) is 4.74 Å². The molecule has 26 heavy (non-hydrogen) atoms. The Bertz CT molecular complexity index is 813. The van der Waals surface area contributed by atoms with Crippen molar-refractivity contribution in [3.05, 3.63) is 46.1 Å². The maximum absolute atomic E-state index is 12.4. The minimum Gasteiger partial charge on any atom is -0.462 e. The van der Waals surface area contributed by atoms with Crippen LogP contribution in [0.25, 0.3) is 0 Å². The number of hydrogen-bond donors (Lipinski definition) is 0. The molecule has 1 aliphatic heterocycles. The number of piperidine rings is 1. The van der Waals surface area contributed by atoms with E-state index in [1.54, 1.807) is 30.9 Å². The minimum atomic E-state index is -0.423. The average molecular weight is 378 g/mol. The highest BCUT2D eigenvalue weighted by Gasteiger charge is 2.30. The lowest BCUT2D eigenvalue weighted by molar-refractivity contribution is 0.0520. The van der Waals surface area contributed by atoms with Gasteiger partial charge < -0.3 is 14.2 Å². The van der Waals surface area contributed by atoms with Crippen molar-refractivity contribution >= 4 is 23.5 Å². The number of esters is 1. The normalized spacial score (nSPS) is 15.1. The van der Waals surface area contributed by atoms with Gasteiger partial charge in [0, 0.05) is 31.3 Å². The molecule has 7 nitrogen and oxygen atoms in total. The van der Waals surface area contributed by atoms with Gasteiger partial charge in [0.1, 0.15) is 0 Å². The number of halogens is 1. The largest absolute Gasteiger partial charge is 0.462 e. The van der Waals surface area contributed by atoms with Gasteiger partial charge >= 0.3 is 5.97 Å². The second-order valence-electron chi connectivity index (χ2n) is 6.21. The molecule has 1 amide bonds. The van der Waals surface area contributed by atoms with Gasteiger partial charge in [0.25, 0.3) is 5.91 Å². The van der Waals surface area contributed by atoms with E-state index in [1.807, 2.05) is 0 Å². The van der Waals surface area contributed by atoms with E-state index in [9.17, 15) is 9.59 Å². The molecule has 0 radical (unpaired) electrons. The monoisotopic (exact) mass is 377 g/mol. The fourth-order valence-corrected chi connectivity index (χ4v) is 3.28. The Morgan fingerprint density at radius 2 is 2.08 bits per heavy atom. The summed E-state index contributed by atoms with van der Waals surface area (Å²) in [6.07, 6.45) is 2.92. The summed E-state index contributed by atoms with van der Waals surface area (Å²) in [4.78, 5) is 30.8. The zero-order valence-electron chi connectivity index (χ0n) is 14.7. The van der Waals surface area contributed by atoms with Crippen LogP contribution in [0.5, 0.6) is 0 Å². The molecule has 0 spiro atoms. The lowest BCUT2D eigenvalue weighted by Gasteiger charge is -2.31. The summed E-state index contributed by atoms with van der Waals surface area (Å²) in [5, 5.41) is 4.15. The SMILES string of the molecule is CCOC(=O)c1cc(Cl)cnc1C1CCN(C(=O)c2cc(C)no2)CC1. The highest BCUT2D eigenvalue weighted by atomic mass is 35.5. The molecule has 1 fully saturated rings. The smallest absolute Gasteiger partial charge is 0.340 e. The molecule has 0 N–H and O–H groups in total. The van der Waals surface area contributed by atoms with E-state index < -0.39 is 5.97 Å². The molecule has 1 aliphatic rings. The van der Waals surface area contributed by atoms with Gasteiger partial charge in [-0.15, -0.1) is 0 Å². The van der Waals surface area contributed by atoms with Gasteiger partial charge in [-0.2, -0.15) is 0 Å². The third-order valence-corrected chi connectivity index (χ3v) is 4.59. The number of likely N-dealkylation sites (tertiary alicyclic amines) is 1. The second kappa shape index (κ2) is 7.86. The summed E-state index contributed by atoms with van der Waals surface area (Å²) < 4.78 is 10.2. The Hall–Kier alpha value is -2.41. The zero-order valence-corrected chi connectivity index (χ0v) is 15.5. The molecular formula is C18H20ClN3O4. The number of carbonyl (C=O) groups is 2. The highest BCUT2D eigenvalue weighted by molar-refractivity contribution is 6.30. The third-order valence-electron chi connectivity index (χ3n) is 4.39. The minimum absolute atomic E-state index is 0.0622. The van der Waals surface area contributed by atoms with Crippen LogP contribution in [0.4, 0.5) is 0 Å². The van der Waals surface area contributed by atoms with Crippen LogP contribution in [0.1, 0.15) is 58.0 Å². The summed E-state index contributed by atoms with van der Waals surface area (Å²) in [5.74, 6) is -0.281. The Balaban J connectivity index is 1.72. The molecule has 2 aromatic heterocycles. The van der Waals surface area contributed by atoms with Crippen LogP contribution in [0.15, 0.2) is 22.9 Å². The molecule has 0 aromatic carbocycles. The molecule has 138 valence electrons. The molecule has 1 saturated heterocycles. The first-order valence-electron chi connectivity index (χ1n) is 8.54. The van der Waals surface area contributed by atoms with Crippen LogP contribution in [-0.4, -0.2) is 46.6 Å². The first-order valence-corrected chi connectivity index (χ1v) is 8.92. The van der Waals surface area contributed by atoms with Gasteiger partial charge in [-0.25, -0.2) is 4.79 Å². The first kappa shape index (κ1) is 18.4. The van der Waals surface area contributed by atoms with E-state index in [0.717, 1.165) is 0 Å². The maximum atomic E-state index is 12.4. The molecule has 2 aromatic rings. The number of rotatable bonds is 4. The quantitative estimate of drug-likeness (QED) is 0.760. The summed E-state index contributed by atoms with van der Waals surface area (Å²) in [6, 6.07) is 3.23. The number of hydrogen-bond acceptors (Lipinski definition) is 6. The average Bonchev–Trinajstić information content (AvgIpc) is 3.08. The van der Waals surface area contributed by atoms with Gasteiger partial charge in [-0.1, -0.05) is 16.8 Å². The van der Waals surface area contributed by atoms with E-state index in [-0.39, 0.29) is 24.2 Å². The third kappa shape index (κ3) is 3.88. The van der Waals surface area contributed by atoms with Gasteiger partial charge in [-0.3, -0.25) is 9.78 Å². The van der Waals surface area contributed by atoms with Crippen molar-refractivity contribution in [3.8, 4) is 0 Å². The predicted molar refractivity (Wildman–Crippen MR) is 94.3 cm³/mol. The number of pyridine rings is 1. The Morgan fingerprint density at radius 1 is 1.35 bits per heavy atom. The lowest BCUT2D eigenvalue weighted by Crippen LogP contribution is -2.38. The number of nitrogens with zero attached hydrogens (tertiary/aromatic N) is 3. The van der Waals surface area contributed by atoms with Crippen LogP contribution in [0, 0.1) is 6.92 Å². The van der Waals surface area contributed by atoms with Crippen molar-refractivity contribution in [3.63, 3.8) is 0 Å². The fourth-order valence-electron chi connectivity index (χ4n) is 3.12. The summed E-state index contributed by atoms with van der Waals surface area (Å²) in [5.41, 5.74) is 1.75. The first-order chi connectivity index (χ1) is 12.5. The number of ether oxygens (including phenoxy) is 1. The second-order valence-corrected chi connectivity index (χ2v) is 6.64. The molecule has 0 aliphatic carbocycles. The van der Waals surface area contributed by atoms with Crippen molar-refractivity contribution in [1.29, 1.82) is 0 Å². The fraction of sp³-hybridized carbons (Fsp3) is 0.444. The summed E-state index contributed by atoms with van der Waals surface area (Å²) in [6.45, 7) is 4.92. The van der Waals surface area contributed by atoms with Crippen molar-refractivity contribution in [2.45, 2.75) is 32.6 Å². The van der Waals surface area contributed by atoms with E-state index in [4.69, 9.17) is 20.9 Å². The number of aryl methyl sites for hydroxylation is 1. The van der Waals surface area contributed by atoms with E-state index in [1.165, 1.54) is 6.20 Å². The highest BCUT2D eigenvalue weighted by Crippen LogP contribution is 2.31. The Labute approximate surface area is 156 Å². The van der Waals surface area contributed by atoms with Crippen LogP contribution in [0.2, 0.25) is 5.02 Å². The zero-order chi connectivity index (χ0) is 18.7. The maximum Gasteiger partial charge on any atom is 0.340 e. The Kier molecular flexibility index (Phi) is 5.56. The van der Waals surface area contributed by atoms with Crippen molar-refractivity contribution in [2.24, 2.45) is 0 Å². The van der Waals surface area contributed by atoms with Crippen LogP contribution in [0.3, 0.4) is 0 Å². The lowest BCUT2D eigenvalue weighted by atomic mass is 9.90. The molecule has 0 atom stereocenters. The van der Waals surface area contributed by atoms with Crippen molar-refractivity contribution in [2.75, 3.05) is 19.7 Å². The molecule has 3 heterocycles. The molecule has 0 unspecified atom stereocenters. The van der Waals surface area contributed by atoms with E-state index >= 15 is 0 Å². The summed E-state index contributed by atoms with van der Waals surface area (Å²) in [7, 11) is 0. The van der Waals surface area contributed by atoms with Crippen molar-refractivity contribution < 1.29 is 18.8 Å². The standard InChI is InChI=1S/C18H20ClN3O4/c1-3-25-18(24)14-9-13(19)10-20-16(14)12-4-6-22(7-5-12)17(23)15-8-11(2)21-26-15/h8-10,12H,3-7H2,1-2H3.